The lowest BCUT2D eigenvalue weighted by molar-refractivity contribution is 0.156. The van der Waals surface area contributed by atoms with Gasteiger partial charge in [0, 0.05) is 18.6 Å². The highest BCUT2D eigenvalue weighted by atomic mass is 16.3. The fourth-order valence-electron chi connectivity index (χ4n) is 0.909. The van der Waals surface area contributed by atoms with E-state index in [0.717, 1.165) is 12.3 Å². The summed E-state index contributed by atoms with van der Waals surface area (Å²) in [5, 5.41) is 12.2. The quantitative estimate of drug-likeness (QED) is 0.710. The summed E-state index contributed by atoms with van der Waals surface area (Å²) in [4.78, 5) is 3.80. The van der Waals surface area contributed by atoms with Crippen molar-refractivity contribution in [1.82, 2.24) is 10.3 Å². The molecule has 0 saturated heterocycles. The minimum atomic E-state index is -0.0833. The number of aromatic nitrogens is 1. The Hall–Kier alpha value is -0.870. The number of hydrogen-bond donors (Lipinski definition) is 2. The second kappa shape index (κ2) is 4.39. The van der Waals surface area contributed by atoms with Crippen LogP contribution in [0.2, 0.25) is 0 Å². The van der Waals surface area contributed by atoms with Crippen molar-refractivity contribution in [2.45, 2.75) is 20.4 Å². The van der Waals surface area contributed by atoms with E-state index < -0.39 is 0 Å². The molecule has 0 radical (unpaired) electrons. The second-order valence-electron chi connectivity index (χ2n) is 3.89. The molecule has 1 aromatic rings. The lowest BCUT2D eigenvalue weighted by Gasteiger charge is -2.21. The molecule has 0 aromatic carbocycles. The molecule has 0 atom stereocenters. The molecular weight excluding hydrogens is 168 g/mol. The van der Waals surface area contributed by atoms with E-state index in [-0.39, 0.29) is 12.0 Å². The van der Waals surface area contributed by atoms with Gasteiger partial charge in [0.15, 0.2) is 6.39 Å². The highest BCUT2D eigenvalue weighted by Crippen LogP contribution is 2.11. The summed E-state index contributed by atoms with van der Waals surface area (Å²) >= 11 is 0. The molecule has 4 heteroatoms. The van der Waals surface area contributed by atoms with Crippen molar-refractivity contribution in [1.29, 1.82) is 0 Å². The van der Waals surface area contributed by atoms with E-state index in [0.29, 0.717) is 6.54 Å². The molecule has 1 heterocycles. The molecule has 2 N–H and O–H groups in total. The van der Waals surface area contributed by atoms with Crippen LogP contribution in [-0.2, 0) is 6.54 Å². The zero-order valence-corrected chi connectivity index (χ0v) is 8.08. The molecular formula is C9H16N2O2. The first-order valence-corrected chi connectivity index (χ1v) is 4.33. The topological polar surface area (TPSA) is 58.3 Å². The minimum Gasteiger partial charge on any atom is -0.447 e. The van der Waals surface area contributed by atoms with Gasteiger partial charge in [0.25, 0.3) is 0 Å². The Morgan fingerprint density at radius 2 is 2.38 bits per heavy atom. The number of aliphatic hydroxyl groups is 1. The number of nitrogens with zero attached hydrogens (tertiary/aromatic N) is 1. The predicted octanol–water partition coefficient (Wildman–Crippen LogP) is 0.783. The van der Waals surface area contributed by atoms with Crippen molar-refractivity contribution >= 4 is 0 Å². The monoisotopic (exact) mass is 184 g/mol. The number of oxazole rings is 1. The standard InChI is InChI=1S/C9H16N2O2/c1-9(2,6-12)5-10-3-8-4-11-7-13-8/h4,7,10,12H,3,5-6H2,1-2H3. The van der Waals surface area contributed by atoms with E-state index in [2.05, 4.69) is 10.3 Å². The first-order chi connectivity index (χ1) is 6.14. The zero-order valence-electron chi connectivity index (χ0n) is 8.08. The maximum atomic E-state index is 8.98. The van der Waals surface area contributed by atoms with Crippen molar-refractivity contribution in [2.24, 2.45) is 5.41 Å². The summed E-state index contributed by atoms with van der Waals surface area (Å²) in [6.45, 7) is 5.59. The fraction of sp³-hybridized carbons (Fsp3) is 0.667. The zero-order chi connectivity index (χ0) is 9.73. The molecule has 0 amide bonds. The Labute approximate surface area is 78.0 Å². The highest BCUT2D eigenvalue weighted by molar-refractivity contribution is 4.87. The van der Waals surface area contributed by atoms with Crippen LogP contribution in [0.3, 0.4) is 0 Å². The third-order valence-corrected chi connectivity index (χ3v) is 1.81. The van der Waals surface area contributed by atoms with Gasteiger partial charge in [-0.05, 0) is 0 Å². The SMILES string of the molecule is CC(C)(CO)CNCc1cnco1. The average molecular weight is 184 g/mol. The molecule has 0 aliphatic rings. The van der Waals surface area contributed by atoms with Gasteiger partial charge in [0.05, 0.1) is 12.7 Å². The Morgan fingerprint density at radius 3 is 2.92 bits per heavy atom. The summed E-state index contributed by atoms with van der Waals surface area (Å²) in [7, 11) is 0. The molecule has 13 heavy (non-hydrogen) atoms. The van der Waals surface area contributed by atoms with E-state index in [4.69, 9.17) is 9.52 Å². The van der Waals surface area contributed by atoms with Gasteiger partial charge in [-0.1, -0.05) is 13.8 Å². The van der Waals surface area contributed by atoms with Crippen molar-refractivity contribution in [3.05, 3.63) is 18.4 Å². The lowest BCUT2D eigenvalue weighted by atomic mass is 9.95. The van der Waals surface area contributed by atoms with Gasteiger partial charge in [-0.25, -0.2) is 4.98 Å². The van der Waals surface area contributed by atoms with Crippen molar-refractivity contribution in [3.8, 4) is 0 Å². The van der Waals surface area contributed by atoms with Crippen LogP contribution in [0, 0.1) is 5.41 Å². The molecule has 1 aromatic heterocycles. The number of hydrogen-bond acceptors (Lipinski definition) is 4. The van der Waals surface area contributed by atoms with Gasteiger partial charge in [0.2, 0.25) is 0 Å². The van der Waals surface area contributed by atoms with E-state index in [1.165, 1.54) is 6.39 Å². The van der Waals surface area contributed by atoms with E-state index >= 15 is 0 Å². The summed E-state index contributed by atoms with van der Waals surface area (Å²) in [6.07, 6.45) is 3.09. The molecule has 0 saturated carbocycles. The minimum absolute atomic E-state index is 0.0833. The summed E-state index contributed by atoms with van der Waals surface area (Å²) < 4.78 is 5.05. The molecule has 0 unspecified atom stereocenters. The third-order valence-electron chi connectivity index (χ3n) is 1.81. The van der Waals surface area contributed by atoms with Crippen LogP contribution < -0.4 is 5.32 Å². The predicted molar refractivity (Wildman–Crippen MR) is 49.1 cm³/mol. The van der Waals surface area contributed by atoms with E-state index in [9.17, 15) is 0 Å². The molecule has 74 valence electrons. The summed E-state index contributed by atoms with van der Waals surface area (Å²) in [5.74, 6) is 0.814. The second-order valence-corrected chi connectivity index (χ2v) is 3.89. The summed E-state index contributed by atoms with van der Waals surface area (Å²) in [6, 6.07) is 0. The van der Waals surface area contributed by atoms with Gasteiger partial charge < -0.3 is 14.8 Å². The maximum Gasteiger partial charge on any atom is 0.180 e. The molecule has 0 aliphatic heterocycles. The van der Waals surface area contributed by atoms with Gasteiger partial charge in [-0.2, -0.15) is 0 Å². The van der Waals surface area contributed by atoms with Crippen LogP contribution in [0.5, 0.6) is 0 Å². The Morgan fingerprint density at radius 1 is 1.62 bits per heavy atom. The van der Waals surface area contributed by atoms with Crippen molar-refractivity contribution in [3.63, 3.8) is 0 Å². The van der Waals surface area contributed by atoms with Gasteiger partial charge in [-0.15, -0.1) is 0 Å². The normalized spacial score (nSPS) is 11.9. The fourth-order valence-corrected chi connectivity index (χ4v) is 0.909. The third kappa shape index (κ3) is 3.57. The lowest BCUT2D eigenvalue weighted by Crippen LogP contribution is -2.31. The largest absolute Gasteiger partial charge is 0.447 e. The molecule has 0 fully saturated rings. The van der Waals surface area contributed by atoms with Gasteiger partial charge in [-0.3, -0.25) is 0 Å². The van der Waals surface area contributed by atoms with Crippen molar-refractivity contribution in [2.75, 3.05) is 13.2 Å². The summed E-state index contributed by atoms with van der Waals surface area (Å²) in [5.41, 5.74) is -0.0833. The van der Waals surface area contributed by atoms with Gasteiger partial charge in [0.1, 0.15) is 5.76 Å². The van der Waals surface area contributed by atoms with Crippen LogP contribution in [0.25, 0.3) is 0 Å². The number of rotatable bonds is 5. The Bertz CT molecular complexity index is 232. The Balaban J connectivity index is 2.21. The van der Waals surface area contributed by atoms with Crippen LogP contribution in [0.4, 0.5) is 0 Å². The highest BCUT2D eigenvalue weighted by Gasteiger charge is 2.15. The van der Waals surface area contributed by atoms with Crippen LogP contribution in [0.1, 0.15) is 19.6 Å². The molecule has 0 aliphatic carbocycles. The van der Waals surface area contributed by atoms with E-state index in [1.54, 1.807) is 6.20 Å². The molecule has 4 nitrogen and oxygen atoms in total. The Kier molecular flexibility index (Phi) is 3.45. The molecule has 0 spiro atoms. The van der Waals surface area contributed by atoms with Crippen LogP contribution in [0.15, 0.2) is 17.0 Å². The average Bonchev–Trinajstić information content (AvgIpc) is 2.57. The molecule has 0 bridgehead atoms. The smallest absolute Gasteiger partial charge is 0.180 e. The number of nitrogens with one attached hydrogen (secondary N) is 1. The first kappa shape index (κ1) is 10.2. The first-order valence-electron chi connectivity index (χ1n) is 4.33. The van der Waals surface area contributed by atoms with Gasteiger partial charge >= 0.3 is 0 Å². The van der Waals surface area contributed by atoms with Crippen LogP contribution in [-0.4, -0.2) is 23.2 Å². The maximum absolute atomic E-state index is 8.98. The van der Waals surface area contributed by atoms with Crippen LogP contribution >= 0.6 is 0 Å². The van der Waals surface area contributed by atoms with Crippen molar-refractivity contribution < 1.29 is 9.52 Å². The molecule has 1 rings (SSSR count). The van der Waals surface area contributed by atoms with E-state index in [1.807, 2.05) is 13.8 Å². The number of aliphatic hydroxyl groups excluding tert-OH is 1.